The maximum atomic E-state index is 11.1. The number of ether oxygens (including phenoxy) is 1. The van der Waals surface area contributed by atoms with Crippen LogP contribution in [0.25, 0.3) is 0 Å². The lowest BCUT2D eigenvalue weighted by Crippen LogP contribution is -2.19. The van der Waals surface area contributed by atoms with Crippen LogP contribution in [0, 0.1) is 6.92 Å². The number of hydrogen-bond acceptors (Lipinski definition) is 4. The Balaban J connectivity index is 2.84. The number of hydrogen-bond donors (Lipinski definition) is 0. The molecule has 0 fully saturated rings. The van der Waals surface area contributed by atoms with Crippen LogP contribution in [0.3, 0.4) is 0 Å². The fraction of sp³-hybridized carbons (Fsp3) is 0.571. The molecule has 66 valence electrons. The first-order valence-corrected chi connectivity index (χ1v) is 3.61. The molecule has 0 saturated heterocycles. The standard InChI is InChI=1S/C7H11N3O2/c1-5-4-8-9-10(5)6(2)7(11)12-3/h4,6H,1-3H3/t6-/m1/s1. The molecule has 1 heterocycles. The highest BCUT2D eigenvalue weighted by Crippen LogP contribution is 2.07. The Kier molecular flexibility index (Phi) is 2.42. The summed E-state index contributed by atoms with van der Waals surface area (Å²) in [4.78, 5) is 11.1. The summed E-state index contributed by atoms with van der Waals surface area (Å²) in [5.41, 5.74) is 0.841. The van der Waals surface area contributed by atoms with Gasteiger partial charge in [-0.1, -0.05) is 5.21 Å². The van der Waals surface area contributed by atoms with Gasteiger partial charge in [0.25, 0.3) is 0 Å². The van der Waals surface area contributed by atoms with Gasteiger partial charge >= 0.3 is 5.97 Å². The third-order valence-corrected chi connectivity index (χ3v) is 1.66. The van der Waals surface area contributed by atoms with Crippen LogP contribution in [-0.4, -0.2) is 28.1 Å². The van der Waals surface area contributed by atoms with E-state index in [1.165, 1.54) is 11.8 Å². The van der Waals surface area contributed by atoms with Crippen molar-refractivity contribution in [2.24, 2.45) is 0 Å². The molecule has 0 N–H and O–H groups in total. The fourth-order valence-electron chi connectivity index (χ4n) is 0.948. The molecule has 0 amide bonds. The molecule has 0 saturated carbocycles. The van der Waals surface area contributed by atoms with E-state index in [0.29, 0.717) is 0 Å². The molecule has 0 aliphatic carbocycles. The Morgan fingerprint density at radius 3 is 2.83 bits per heavy atom. The maximum absolute atomic E-state index is 11.1. The van der Waals surface area contributed by atoms with Gasteiger partial charge in [-0.15, -0.1) is 5.10 Å². The molecule has 0 spiro atoms. The first kappa shape index (κ1) is 8.70. The molecule has 12 heavy (non-hydrogen) atoms. The van der Waals surface area contributed by atoms with Crippen molar-refractivity contribution in [1.29, 1.82) is 0 Å². The second-order valence-corrected chi connectivity index (χ2v) is 2.52. The van der Waals surface area contributed by atoms with Crippen LogP contribution >= 0.6 is 0 Å². The van der Waals surface area contributed by atoms with E-state index < -0.39 is 6.04 Å². The van der Waals surface area contributed by atoms with Crippen molar-refractivity contribution in [3.63, 3.8) is 0 Å². The fourth-order valence-corrected chi connectivity index (χ4v) is 0.948. The summed E-state index contributed by atoms with van der Waals surface area (Å²) in [6.45, 7) is 3.55. The van der Waals surface area contributed by atoms with E-state index in [0.717, 1.165) is 5.69 Å². The van der Waals surface area contributed by atoms with Crippen molar-refractivity contribution in [2.45, 2.75) is 19.9 Å². The molecule has 0 aromatic carbocycles. The summed E-state index contributed by atoms with van der Waals surface area (Å²) in [5, 5.41) is 7.42. The summed E-state index contributed by atoms with van der Waals surface area (Å²) in [6, 6.07) is -0.405. The highest BCUT2D eigenvalue weighted by molar-refractivity contribution is 5.73. The van der Waals surface area contributed by atoms with Crippen LogP contribution in [0.15, 0.2) is 6.20 Å². The van der Waals surface area contributed by atoms with Crippen LogP contribution in [0.2, 0.25) is 0 Å². The topological polar surface area (TPSA) is 57.0 Å². The molecule has 0 aliphatic heterocycles. The Bertz CT molecular complexity index is 282. The van der Waals surface area contributed by atoms with E-state index in [1.54, 1.807) is 13.1 Å². The zero-order valence-electron chi connectivity index (χ0n) is 7.31. The highest BCUT2D eigenvalue weighted by atomic mass is 16.5. The Hall–Kier alpha value is -1.39. The zero-order chi connectivity index (χ0) is 9.14. The molecule has 0 aliphatic rings. The predicted molar refractivity (Wildman–Crippen MR) is 41.5 cm³/mol. The van der Waals surface area contributed by atoms with Crippen molar-refractivity contribution < 1.29 is 9.53 Å². The monoisotopic (exact) mass is 169 g/mol. The molecule has 1 aromatic rings. The van der Waals surface area contributed by atoms with Gasteiger partial charge in [0.15, 0.2) is 0 Å². The minimum atomic E-state index is -0.405. The van der Waals surface area contributed by atoms with Crippen molar-refractivity contribution in [3.8, 4) is 0 Å². The van der Waals surface area contributed by atoms with Crippen LogP contribution in [0.5, 0.6) is 0 Å². The third kappa shape index (κ3) is 1.44. The van der Waals surface area contributed by atoms with E-state index in [2.05, 4.69) is 15.0 Å². The van der Waals surface area contributed by atoms with Gasteiger partial charge in [-0.3, -0.25) is 0 Å². The third-order valence-electron chi connectivity index (χ3n) is 1.66. The van der Waals surface area contributed by atoms with Crippen LogP contribution in [-0.2, 0) is 9.53 Å². The molecule has 5 heteroatoms. The van der Waals surface area contributed by atoms with Gasteiger partial charge in [0.2, 0.25) is 0 Å². The van der Waals surface area contributed by atoms with Crippen molar-refractivity contribution in [2.75, 3.05) is 7.11 Å². The van der Waals surface area contributed by atoms with E-state index in [1.807, 2.05) is 6.92 Å². The predicted octanol–water partition coefficient (Wildman–Crippen LogP) is 0.321. The molecule has 0 bridgehead atoms. The van der Waals surface area contributed by atoms with E-state index >= 15 is 0 Å². The van der Waals surface area contributed by atoms with Crippen molar-refractivity contribution in [3.05, 3.63) is 11.9 Å². The molecular weight excluding hydrogens is 158 g/mol. The number of aromatic nitrogens is 3. The van der Waals surface area contributed by atoms with Gasteiger partial charge < -0.3 is 4.74 Å². The average Bonchev–Trinajstić information content (AvgIpc) is 2.48. The smallest absolute Gasteiger partial charge is 0.330 e. The molecule has 1 rings (SSSR count). The quantitative estimate of drug-likeness (QED) is 0.598. The van der Waals surface area contributed by atoms with Gasteiger partial charge in [0, 0.05) is 0 Å². The average molecular weight is 169 g/mol. The number of carbonyl (C=O) groups is 1. The lowest BCUT2D eigenvalue weighted by Gasteiger charge is -2.09. The lowest BCUT2D eigenvalue weighted by atomic mass is 10.3. The highest BCUT2D eigenvalue weighted by Gasteiger charge is 2.17. The largest absolute Gasteiger partial charge is 0.467 e. The van der Waals surface area contributed by atoms with Gasteiger partial charge in [-0.25, -0.2) is 9.48 Å². The van der Waals surface area contributed by atoms with Crippen LogP contribution in [0.1, 0.15) is 18.7 Å². The zero-order valence-corrected chi connectivity index (χ0v) is 7.31. The summed E-state index contributed by atoms with van der Waals surface area (Å²) in [5.74, 6) is -0.316. The molecule has 0 unspecified atom stereocenters. The number of methoxy groups -OCH3 is 1. The van der Waals surface area contributed by atoms with Crippen LogP contribution in [0.4, 0.5) is 0 Å². The maximum Gasteiger partial charge on any atom is 0.330 e. The van der Waals surface area contributed by atoms with E-state index in [9.17, 15) is 4.79 Å². The number of rotatable bonds is 2. The number of aryl methyl sites for hydroxylation is 1. The Labute approximate surface area is 70.3 Å². The summed E-state index contributed by atoms with van der Waals surface area (Å²) < 4.78 is 6.08. The molecular formula is C7H11N3O2. The second kappa shape index (κ2) is 3.34. The summed E-state index contributed by atoms with van der Waals surface area (Å²) in [6.07, 6.45) is 1.60. The number of carbonyl (C=O) groups excluding carboxylic acids is 1. The van der Waals surface area contributed by atoms with E-state index in [4.69, 9.17) is 0 Å². The minimum absolute atomic E-state index is 0.316. The first-order valence-electron chi connectivity index (χ1n) is 3.61. The second-order valence-electron chi connectivity index (χ2n) is 2.52. The molecule has 5 nitrogen and oxygen atoms in total. The van der Waals surface area contributed by atoms with Gasteiger partial charge in [-0.2, -0.15) is 0 Å². The van der Waals surface area contributed by atoms with Crippen LogP contribution < -0.4 is 0 Å². The molecule has 1 aromatic heterocycles. The van der Waals surface area contributed by atoms with Gasteiger partial charge in [0.05, 0.1) is 19.0 Å². The lowest BCUT2D eigenvalue weighted by molar-refractivity contribution is -0.144. The van der Waals surface area contributed by atoms with E-state index in [-0.39, 0.29) is 5.97 Å². The van der Waals surface area contributed by atoms with Crippen molar-refractivity contribution in [1.82, 2.24) is 15.0 Å². The van der Waals surface area contributed by atoms with Gasteiger partial charge in [0.1, 0.15) is 6.04 Å². The molecule has 0 radical (unpaired) electrons. The molecule has 1 atom stereocenters. The van der Waals surface area contributed by atoms with Gasteiger partial charge in [-0.05, 0) is 13.8 Å². The minimum Gasteiger partial charge on any atom is -0.467 e. The number of nitrogens with zero attached hydrogens (tertiary/aromatic N) is 3. The Morgan fingerprint density at radius 1 is 1.75 bits per heavy atom. The van der Waals surface area contributed by atoms with Crippen molar-refractivity contribution >= 4 is 5.97 Å². The first-order chi connectivity index (χ1) is 5.66. The SMILES string of the molecule is COC(=O)[C@@H](C)n1nncc1C. The summed E-state index contributed by atoms with van der Waals surface area (Å²) >= 11 is 0. The Morgan fingerprint density at radius 2 is 2.42 bits per heavy atom. The number of esters is 1. The summed E-state index contributed by atoms with van der Waals surface area (Å²) in [7, 11) is 1.35. The normalized spacial score (nSPS) is 12.6.